The average Bonchev–Trinajstić information content (AvgIpc) is 3.41. The number of amides is 1. The minimum absolute atomic E-state index is 0.0127. The molecule has 1 aromatic carbocycles. The Labute approximate surface area is 205 Å². The van der Waals surface area contributed by atoms with Gasteiger partial charge in [-0.15, -0.1) is 21.5 Å². The van der Waals surface area contributed by atoms with Gasteiger partial charge in [-0.05, 0) is 31.0 Å². The van der Waals surface area contributed by atoms with Gasteiger partial charge in [-0.25, -0.2) is 0 Å². The third-order valence-corrected chi connectivity index (χ3v) is 6.67. The molecule has 2 aromatic heterocycles. The molecule has 1 unspecified atom stereocenters. The summed E-state index contributed by atoms with van der Waals surface area (Å²) >= 11 is 2.35. The maximum atomic E-state index is 13.2. The Bertz CT molecular complexity index is 1200. The number of rotatable bonds is 10. The van der Waals surface area contributed by atoms with Crippen molar-refractivity contribution < 1.29 is 19.1 Å². The molecule has 34 heavy (non-hydrogen) atoms. The van der Waals surface area contributed by atoms with Gasteiger partial charge >= 0.3 is 5.97 Å². The number of hydrogen-bond acceptors (Lipinski definition) is 10. The second kappa shape index (κ2) is 11.5. The van der Waals surface area contributed by atoms with Crippen molar-refractivity contribution in [3.63, 3.8) is 0 Å². The third kappa shape index (κ3) is 5.49. The minimum Gasteiger partial charge on any atom is -0.497 e. The van der Waals surface area contributed by atoms with E-state index >= 15 is 0 Å². The molecule has 0 saturated heterocycles. The molecule has 12 heteroatoms. The van der Waals surface area contributed by atoms with E-state index in [4.69, 9.17) is 15.2 Å². The Kier molecular flexibility index (Phi) is 8.50. The number of nitrogens with zero attached hydrogens (tertiary/aromatic N) is 4. The predicted octanol–water partition coefficient (Wildman–Crippen LogP) is 3.71. The zero-order valence-electron chi connectivity index (χ0n) is 18.9. The summed E-state index contributed by atoms with van der Waals surface area (Å²) in [6.07, 6.45) is 0.389. The maximum Gasteiger partial charge on any atom is 0.316 e. The van der Waals surface area contributed by atoms with Gasteiger partial charge in [-0.1, -0.05) is 30.8 Å². The number of carbonyl (C=O) groups is 2. The number of aromatic nitrogens is 3. The van der Waals surface area contributed by atoms with E-state index < -0.39 is 12.0 Å². The molecular formula is C22H24N6O4S2. The van der Waals surface area contributed by atoms with Crippen LogP contribution in [0.5, 0.6) is 5.75 Å². The van der Waals surface area contributed by atoms with Gasteiger partial charge in [-0.2, -0.15) is 5.26 Å². The fourth-order valence-electron chi connectivity index (χ4n) is 3.23. The molecule has 10 nitrogen and oxygen atoms in total. The highest BCUT2D eigenvalue weighted by atomic mass is 32.2. The molecule has 0 radical (unpaired) electrons. The first-order valence-corrected chi connectivity index (χ1v) is 12.3. The van der Waals surface area contributed by atoms with Gasteiger partial charge in [0.25, 0.3) is 0 Å². The van der Waals surface area contributed by atoms with Gasteiger partial charge in [0.05, 0.1) is 25.0 Å². The van der Waals surface area contributed by atoms with Crippen molar-refractivity contribution in [2.45, 2.75) is 31.5 Å². The summed E-state index contributed by atoms with van der Waals surface area (Å²) in [6, 6.07) is 8.78. The lowest BCUT2D eigenvalue weighted by atomic mass is 10.0. The summed E-state index contributed by atoms with van der Waals surface area (Å²) in [5.74, 6) is 0.00522. The van der Waals surface area contributed by atoms with Gasteiger partial charge in [0.2, 0.25) is 11.9 Å². The SMILES string of the molecule is CCOC(=O)CSc1nnc(N)n1C(CC)C(=O)Nc1scc(-c2ccc(OC)cc2)c1C#N. The molecule has 0 saturated carbocycles. The van der Waals surface area contributed by atoms with Crippen molar-refractivity contribution in [2.75, 3.05) is 30.5 Å². The van der Waals surface area contributed by atoms with Crippen LogP contribution in [0.4, 0.5) is 10.9 Å². The zero-order valence-corrected chi connectivity index (χ0v) is 20.5. The summed E-state index contributed by atoms with van der Waals surface area (Å²) < 4.78 is 11.6. The molecule has 1 amide bonds. The number of nitrogens with two attached hydrogens (primary N) is 1. The number of hydrogen-bond donors (Lipinski definition) is 2. The number of methoxy groups -OCH3 is 1. The molecular weight excluding hydrogens is 476 g/mol. The van der Waals surface area contributed by atoms with Crippen LogP contribution in [0.3, 0.4) is 0 Å². The Hall–Kier alpha value is -3.56. The van der Waals surface area contributed by atoms with Gasteiger partial charge < -0.3 is 20.5 Å². The molecule has 178 valence electrons. The largest absolute Gasteiger partial charge is 0.497 e. The fraction of sp³-hybridized carbons (Fsp3) is 0.318. The number of thiophene rings is 1. The quantitative estimate of drug-likeness (QED) is 0.314. The van der Waals surface area contributed by atoms with Crippen molar-refractivity contribution in [1.82, 2.24) is 14.8 Å². The van der Waals surface area contributed by atoms with Crippen LogP contribution in [-0.2, 0) is 14.3 Å². The van der Waals surface area contributed by atoms with Crippen molar-refractivity contribution in [3.8, 4) is 22.9 Å². The predicted molar refractivity (Wildman–Crippen MR) is 131 cm³/mol. The number of thioether (sulfide) groups is 1. The topological polar surface area (TPSA) is 145 Å². The van der Waals surface area contributed by atoms with Crippen molar-refractivity contribution in [1.29, 1.82) is 5.26 Å². The molecule has 0 aliphatic carbocycles. The summed E-state index contributed by atoms with van der Waals surface area (Å²) in [5, 5.41) is 23.1. The van der Waals surface area contributed by atoms with Crippen LogP contribution in [-0.4, -0.2) is 46.1 Å². The summed E-state index contributed by atoms with van der Waals surface area (Å²) in [4.78, 5) is 24.9. The second-order valence-electron chi connectivity index (χ2n) is 6.91. The van der Waals surface area contributed by atoms with Crippen LogP contribution < -0.4 is 15.8 Å². The zero-order chi connectivity index (χ0) is 24.7. The van der Waals surface area contributed by atoms with E-state index in [0.29, 0.717) is 33.5 Å². The normalized spacial score (nSPS) is 11.5. The van der Waals surface area contributed by atoms with Crippen LogP contribution in [0.25, 0.3) is 11.1 Å². The minimum atomic E-state index is -0.738. The second-order valence-corrected chi connectivity index (χ2v) is 8.73. The number of benzene rings is 1. The van der Waals surface area contributed by atoms with Crippen LogP contribution >= 0.6 is 23.1 Å². The number of nitrogen functional groups attached to an aromatic ring is 1. The molecule has 0 aliphatic rings. The number of ether oxygens (including phenoxy) is 2. The van der Waals surface area contributed by atoms with E-state index in [9.17, 15) is 14.9 Å². The molecule has 2 heterocycles. The van der Waals surface area contributed by atoms with Crippen LogP contribution in [0.15, 0.2) is 34.8 Å². The first kappa shape index (κ1) is 25.1. The van der Waals surface area contributed by atoms with E-state index in [1.54, 1.807) is 14.0 Å². The van der Waals surface area contributed by atoms with E-state index in [1.165, 1.54) is 15.9 Å². The Balaban J connectivity index is 1.82. The number of nitrogens with one attached hydrogen (secondary N) is 1. The first-order valence-electron chi connectivity index (χ1n) is 10.4. The fourth-order valence-corrected chi connectivity index (χ4v) is 4.94. The van der Waals surface area contributed by atoms with E-state index in [0.717, 1.165) is 17.3 Å². The highest BCUT2D eigenvalue weighted by molar-refractivity contribution is 7.99. The summed E-state index contributed by atoms with van der Waals surface area (Å²) in [7, 11) is 1.58. The monoisotopic (exact) mass is 500 g/mol. The van der Waals surface area contributed by atoms with Crippen LogP contribution in [0.1, 0.15) is 31.9 Å². The Morgan fingerprint density at radius 2 is 2.03 bits per heavy atom. The maximum absolute atomic E-state index is 13.2. The molecule has 0 fully saturated rings. The summed E-state index contributed by atoms with van der Waals surface area (Å²) in [5.41, 5.74) is 7.91. The standard InChI is InChI=1S/C22H24N6O4S2/c1-4-17(28-21(24)26-27-22(28)34-12-18(29)32-5-2)19(30)25-20-15(10-23)16(11-33-20)13-6-8-14(31-3)9-7-13/h6-9,11,17H,4-5,12H2,1-3H3,(H2,24,26)(H,25,30). The Morgan fingerprint density at radius 3 is 2.65 bits per heavy atom. The van der Waals surface area contributed by atoms with E-state index in [2.05, 4.69) is 21.6 Å². The lowest BCUT2D eigenvalue weighted by Crippen LogP contribution is -2.27. The molecule has 1 atom stereocenters. The number of carbonyl (C=O) groups excluding carboxylic acids is 2. The number of esters is 1. The lowest BCUT2D eigenvalue weighted by Gasteiger charge is -2.18. The van der Waals surface area contributed by atoms with Crippen molar-refractivity contribution in [2.24, 2.45) is 0 Å². The van der Waals surface area contributed by atoms with Gasteiger partial charge in [0.1, 0.15) is 22.9 Å². The average molecular weight is 501 g/mol. The molecule has 3 rings (SSSR count). The molecule has 3 N–H and O–H groups in total. The van der Waals surface area contributed by atoms with Gasteiger partial charge in [-0.3, -0.25) is 14.2 Å². The number of anilines is 2. The van der Waals surface area contributed by atoms with Crippen molar-refractivity contribution in [3.05, 3.63) is 35.2 Å². The highest BCUT2D eigenvalue weighted by Gasteiger charge is 2.27. The molecule has 0 spiro atoms. The van der Waals surface area contributed by atoms with E-state index in [-0.39, 0.29) is 24.2 Å². The van der Waals surface area contributed by atoms with Gasteiger partial charge in [0.15, 0.2) is 5.16 Å². The lowest BCUT2D eigenvalue weighted by molar-refractivity contribution is -0.139. The first-order chi connectivity index (χ1) is 16.4. The number of nitriles is 1. The highest BCUT2D eigenvalue weighted by Crippen LogP contribution is 2.36. The van der Waals surface area contributed by atoms with Crippen LogP contribution in [0, 0.1) is 11.3 Å². The third-order valence-electron chi connectivity index (χ3n) is 4.86. The Morgan fingerprint density at radius 1 is 1.29 bits per heavy atom. The molecule has 0 bridgehead atoms. The van der Waals surface area contributed by atoms with Gasteiger partial charge in [0, 0.05) is 10.9 Å². The van der Waals surface area contributed by atoms with Crippen molar-refractivity contribution >= 4 is 45.9 Å². The summed E-state index contributed by atoms with van der Waals surface area (Å²) in [6.45, 7) is 3.82. The smallest absolute Gasteiger partial charge is 0.316 e. The van der Waals surface area contributed by atoms with E-state index in [1.807, 2.05) is 36.6 Å². The molecule has 0 aliphatic heterocycles. The van der Waals surface area contributed by atoms with Crippen LogP contribution in [0.2, 0.25) is 0 Å². The molecule has 3 aromatic rings.